The standard InChI is InChI=1S/C60H50B2F2N2S2/c1-58(2,3)33-24-27-44-39(30-33)61-38-18-11-13-22-48(38)68-57-51(37-17-14-23-49-50(37)36-16-10-12-21-47(36)67-49)55-52-56(53(57)61)65(44)45-28-25-34(59(4,5)6)31-40(45)62(52)41-32-35(60(7,8)9)26-29-46(41)66(55)54-42(63)19-15-20-43(54)64/h10-32H,1-9H3. The van der Waals surface area contributed by atoms with Gasteiger partial charge in [0.15, 0.2) is 0 Å². The Labute approximate surface area is 407 Å². The Morgan fingerprint density at radius 1 is 0.456 bits per heavy atom. The number of hydrogen-bond donors (Lipinski definition) is 0. The van der Waals surface area contributed by atoms with Crippen LogP contribution >= 0.6 is 23.1 Å². The Bertz CT molecular complexity index is 3660. The van der Waals surface area contributed by atoms with Crippen molar-refractivity contribution in [2.45, 2.75) is 88.3 Å². The van der Waals surface area contributed by atoms with Gasteiger partial charge in [-0.15, -0.1) is 11.3 Å². The van der Waals surface area contributed by atoms with E-state index in [2.05, 4.69) is 189 Å². The van der Waals surface area contributed by atoms with Crippen molar-refractivity contribution in [3.63, 3.8) is 0 Å². The van der Waals surface area contributed by atoms with Crippen LogP contribution in [-0.2, 0) is 16.2 Å². The fourth-order valence-electron chi connectivity index (χ4n) is 11.8. The van der Waals surface area contributed by atoms with Crippen molar-refractivity contribution >= 4 is 124 Å². The highest BCUT2D eigenvalue weighted by Crippen LogP contribution is 2.56. The summed E-state index contributed by atoms with van der Waals surface area (Å²) < 4.78 is 36.9. The Hall–Kier alpha value is -6.08. The van der Waals surface area contributed by atoms with E-state index < -0.39 is 11.6 Å². The van der Waals surface area contributed by atoms with Gasteiger partial charge in [0, 0.05) is 58.3 Å². The van der Waals surface area contributed by atoms with Crippen molar-refractivity contribution < 1.29 is 8.78 Å². The van der Waals surface area contributed by atoms with Gasteiger partial charge in [-0.1, -0.05) is 171 Å². The molecule has 0 unspecified atom stereocenters. The zero-order chi connectivity index (χ0) is 46.9. The van der Waals surface area contributed by atoms with Gasteiger partial charge in [0.1, 0.15) is 17.3 Å². The van der Waals surface area contributed by atoms with Crippen LogP contribution in [0.25, 0.3) is 31.3 Å². The maximum atomic E-state index is 17.3. The van der Waals surface area contributed by atoms with Gasteiger partial charge in [-0.05, 0) is 114 Å². The molecule has 0 spiro atoms. The van der Waals surface area contributed by atoms with Gasteiger partial charge >= 0.3 is 0 Å². The number of para-hydroxylation sites is 1. The molecular weight excluding hydrogens is 872 g/mol. The summed E-state index contributed by atoms with van der Waals surface area (Å²) in [6.07, 6.45) is 0. The summed E-state index contributed by atoms with van der Waals surface area (Å²) in [5.41, 5.74) is 17.5. The highest BCUT2D eigenvalue weighted by Gasteiger charge is 2.53. The number of benzene rings is 8. The second-order valence-electron chi connectivity index (χ2n) is 22.3. The van der Waals surface area contributed by atoms with E-state index in [0.717, 1.165) is 60.8 Å². The lowest BCUT2D eigenvalue weighted by Gasteiger charge is -2.51. The van der Waals surface area contributed by atoms with Gasteiger partial charge in [0.05, 0.1) is 5.69 Å². The average molecular weight is 923 g/mol. The summed E-state index contributed by atoms with van der Waals surface area (Å²) in [5, 5.41) is 2.34. The lowest BCUT2D eigenvalue weighted by molar-refractivity contribution is 0.585. The molecule has 4 aliphatic heterocycles. The lowest BCUT2D eigenvalue weighted by Crippen LogP contribution is -2.68. The number of anilines is 6. The maximum absolute atomic E-state index is 17.3. The summed E-state index contributed by atoms with van der Waals surface area (Å²) in [6, 6.07) is 49.6. The van der Waals surface area contributed by atoms with Crippen molar-refractivity contribution in [1.29, 1.82) is 0 Å². The third-order valence-corrected chi connectivity index (χ3v) is 17.5. The van der Waals surface area contributed by atoms with Crippen LogP contribution < -0.4 is 42.6 Å². The third kappa shape index (κ3) is 5.83. The van der Waals surface area contributed by atoms with Crippen molar-refractivity contribution in [2.24, 2.45) is 0 Å². The molecule has 13 rings (SSSR count). The number of hydrogen-bond acceptors (Lipinski definition) is 4. The summed E-state index contributed by atoms with van der Waals surface area (Å²) in [4.78, 5) is 6.86. The van der Waals surface area contributed by atoms with Crippen molar-refractivity contribution in [3.8, 4) is 11.1 Å². The molecule has 332 valence electrons. The van der Waals surface area contributed by atoms with Gasteiger partial charge in [-0.2, -0.15) is 0 Å². The third-order valence-electron chi connectivity index (χ3n) is 15.1. The molecule has 1 aromatic heterocycles. The predicted octanol–water partition coefficient (Wildman–Crippen LogP) is 13.3. The van der Waals surface area contributed by atoms with Gasteiger partial charge < -0.3 is 9.80 Å². The van der Waals surface area contributed by atoms with Crippen molar-refractivity contribution in [3.05, 3.63) is 168 Å². The Morgan fingerprint density at radius 3 is 1.57 bits per heavy atom. The van der Waals surface area contributed by atoms with E-state index in [9.17, 15) is 0 Å². The first-order chi connectivity index (χ1) is 32.5. The minimum Gasteiger partial charge on any atom is -0.312 e. The van der Waals surface area contributed by atoms with Crippen LogP contribution in [0.4, 0.5) is 42.9 Å². The number of nitrogens with zero attached hydrogens (tertiary/aromatic N) is 2. The molecule has 0 saturated carbocycles. The molecule has 0 aliphatic carbocycles. The Kier molecular flexibility index (Phi) is 8.81. The quantitative estimate of drug-likeness (QED) is 0.160. The van der Waals surface area contributed by atoms with Crippen LogP contribution in [0.1, 0.15) is 79.0 Å². The molecule has 5 heterocycles. The van der Waals surface area contributed by atoms with Gasteiger partial charge in [-0.25, -0.2) is 8.78 Å². The van der Waals surface area contributed by atoms with E-state index in [-0.39, 0.29) is 35.4 Å². The molecule has 0 radical (unpaired) electrons. The smallest absolute Gasteiger partial charge is 0.252 e. The molecule has 0 N–H and O–H groups in total. The normalized spacial score (nSPS) is 14.5. The Morgan fingerprint density at radius 2 is 0.971 bits per heavy atom. The summed E-state index contributed by atoms with van der Waals surface area (Å²) >= 11 is 3.62. The van der Waals surface area contributed by atoms with Crippen LogP contribution in [-0.4, -0.2) is 13.4 Å². The molecule has 0 saturated heterocycles. The first kappa shape index (κ1) is 42.1. The molecule has 2 nitrogen and oxygen atoms in total. The number of thiophene rings is 1. The SMILES string of the molecule is CC(C)(C)c1ccc2c(c1)B1c3ccccc3Sc3c1c1c4c(c3-c3cccc5sc6ccccc6c35)N(c3c(F)cccc3F)c3ccc(C(C)(C)C)cc3B4c3cc(C(C)(C)C)ccc3N21. The van der Waals surface area contributed by atoms with Crippen LogP contribution in [0, 0.1) is 11.6 Å². The largest absolute Gasteiger partial charge is 0.312 e. The number of halogens is 2. The second kappa shape index (κ2) is 14.2. The molecule has 0 amide bonds. The highest BCUT2D eigenvalue weighted by molar-refractivity contribution is 8.00. The zero-order valence-electron chi connectivity index (χ0n) is 39.9. The van der Waals surface area contributed by atoms with Crippen molar-refractivity contribution in [2.75, 3.05) is 9.80 Å². The second-order valence-corrected chi connectivity index (χ2v) is 24.5. The highest BCUT2D eigenvalue weighted by atomic mass is 32.2. The fraction of sp³-hybridized carbons (Fsp3) is 0.200. The van der Waals surface area contributed by atoms with Gasteiger partial charge in [0.25, 0.3) is 6.71 Å². The maximum Gasteiger partial charge on any atom is 0.252 e. The number of fused-ring (bicyclic) bond motifs is 13. The summed E-state index contributed by atoms with van der Waals surface area (Å²) in [5.74, 6) is -1.20. The fourth-order valence-corrected chi connectivity index (χ4v) is 14.2. The minimum absolute atomic E-state index is 0.0627. The van der Waals surface area contributed by atoms with Crippen molar-refractivity contribution in [1.82, 2.24) is 0 Å². The summed E-state index contributed by atoms with van der Waals surface area (Å²) in [6.45, 7) is 20.1. The molecule has 8 aromatic carbocycles. The average Bonchev–Trinajstić information content (AvgIpc) is 3.69. The molecule has 68 heavy (non-hydrogen) atoms. The van der Waals surface area contributed by atoms with E-state index in [1.54, 1.807) is 11.3 Å². The van der Waals surface area contributed by atoms with Crippen LogP contribution in [0.2, 0.25) is 0 Å². The molecule has 8 heteroatoms. The van der Waals surface area contributed by atoms with E-state index in [1.807, 2.05) is 16.7 Å². The topological polar surface area (TPSA) is 6.48 Å². The molecule has 0 atom stereocenters. The Balaban J connectivity index is 1.30. The lowest BCUT2D eigenvalue weighted by atomic mass is 9.29. The van der Waals surface area contributed by atoms with Crippen LogP contribution in [0.3, 0.4) is 0 Å². The molecule has 0 fully saturated rings. The monoisotopic (exact) mass is 922 g/mol. The predicted molar refractivity (Wildman–Crippen MR) is 290 cm³/mol. The van der Waals surface area contributed by atoms with E-state index in [0.29, 0.717) is 0 Å². The van der Waals surface area contributed by atoms with Gasteiger partial charge in [-0.3, -0.25) is 0 Å². The summed E-state index contributed by atoms with van der Waals surface area (Å²) in [7, 11) is 0. The van der Waals surface area contributed by atoms with Crippen LogP contribution in [0.15, 0.2) is 149 Å². The number of rotatable bonds is 2. The molecule has 4 aliphatic rings. The molecule has 9 aromatic rings. The van der Waals surface area contributed by atoms with E-state index in [1.165, 1.54) is 76.4 Å². The van der Waals surface area contributed by atoms with E-state index >= 15 is 8.78 Å². The first-order valence-corrected chi connectivity index (χ1v) is 25.5. The minimum atomic E-state index is -0.600. The van der Waals surface area contributed by atoms with Gasteiger partial charge in [0.2, 0.25) is 6.71 Å². The molecule has 0 bridgehead atoms. The van der Waals surface area contributed by atoms with Crippen LogP contribution in [0.5, 0.6) is 0 Å². The zero-order valence-corrected chi connectivity index (χ0v) is 41.5. The first-order valence-electron chi connectivity index (χ1n) is 23.9. The van der Waals surface area contributed by atoms with E-state index in [4.69, 9.17) is 0 Å². The molecular formula is C60H50B2F2N2S2.